The second kappa shape index (κ2) is 14.4. The summed E-state index contributed by atoms with van der Waals surface area (Å²) in [5, 5.41) is 0. The van der Waals surface area contributed by atoms with Gasteiger partial charge in [0, 0.05) is 0 Å². The van der Waals surface area contributed by atoms with Crippen molar-refractivity contribution in [3.8, 4) is 0 Å². The summed E-state index contributed by atoms with van der Waals surface area (Å²) in [7, 11) is 0. The summed E-state index contributed by atoms with van der Waals surface area (Å²) in [5.74, 6) is 3.08. The highest BCUT2D eigenvalue weighted by Gasteiger charge is 2.15. The molecular weight excluding hydrogens is 300 g/mol. The molecule has 0 saturated heterocycles. The van der Waals surface area contributed by atoms with E-state index < -0.39 is 0 Å². The van der Waals surface area contributed by atoms with Crippen molar-refractivity contribution in [2.45, 2.75) is 105 Å². The largest absolute Gasteiger partial charge is 0.0651 e. The van der Waals surface area contributed by atoms with Gasteiger partial charge in [0.15, 0.2) is 0 Å². The molecule has 2 fully saturated rings. The first-order valence-corrected chi connectivity index (χ1v) is 11.2. The highest BCUT2D eigenvalue weighted by Crippen LogP contribution is 2.29. The Bertz CT molecular complexity index is 380. The van der Waals surface area contributed by atoms with Gasteiger partial charge in [-0.1, -0.05) is 129 Å². The van der Waals surface area contributed by atoms with Crippen LogP contribution in [0.4, 0.5) is 0 Å². The van der Waals surface area contributed by atoms with Gasteiger partial charge in [-0.05, 0) is 29.7 Å². The summed E-state index contributed by atoms with van der Waals surface area (Å²) in [6.07, 6.45) is 17.5. The van der Waals surface area contributed by atoms with Crippen LogP contribution in [0.3, 0.4) is 0 Å². The van der Waals surface area contributed by atoms with Crippen molar-refractivity contribution in [2.24, 2.45) is 17.8 Å². The molecule has 0 aromatic heterocycles. The molecule has 0 bridgehead atoms. The minimum Gasteiger partial charge on any atom is -0.0651 e. The van der Waals surface area contributed by atoms with E-state index in [1.165, 1.54) is 76.2 Å². The van der Waals surface area contributed by atoms with E-state index in [9.17, 15) is 0 Å². The SMILES string of the molecule is CC(C)C1CCCCC1.CCC1CCCCC1.CCc1ccccc1. The van der Waals surface area contributed by atoms with Gasteiger partial charge in [-0.15, -0.1) is 0 Å². The lowest BCUT2D eigenvalue weighted by Crippen LogP contribution is -2.12. The van der Waals surface area contributed by atoms with Crippen molar-refractivity contribution < 1.29 is 0 Å². The first-order chi connectivity index (χ1) is 12.2. The summed E-state index contributed by atoms with van der Waals surface area (Å²) in [6.45, 7) is 9.19. The minimum atomic E-state index is 0.935. The molecule has 2 aliphatic carbocycles. The Kier molecular flexibility index (Phi) is 12.8. The molecule has 0 aliphatic heterocycles. The van der Waals surface area contributed by atoms with Crippen molar-refractivity contribution in [1.82, 2.24) is 0 Å². The van der Waals surface area contributed by atoms with Crippen LogP contribution in [-0.4, -0.2) is 0 Å². The smallest absolute Gasteiger partial charge is 0.0307 e. The van der Waals surface area contributed by atoms with Crippen molar-refractivity contribution >= 4 is 0 Å². The Hall–Kier alpha value is -0.780. The Labute approximate surface area is 158 Å². The Morgan fingerprint density at radius 1 is 0.760 bits per heavy atom. The van der Waals surface area contributed by atoms with Gasteiger partial charge >= 0.3 is 0 Å². The highest BCUT2D eigenvalue weighted by atomic mass is 14.2. The van der Waals surface area contributed by atoms with Crippen LogP contribution in [0.1, 0.15) is 104 Å². The van der Waals surface area contributed by atoms with Crippen molar-refractivity contribution in [3.63, 3.8) is 0 Å². The molecule has 0 radical (unpaired) electrons. The molecule has 2 saturated carbocycles. The fourth-order valence-corrected chi connectivity index (χ4v) is 4.11. The summed E-state index contributed by atoms with van der Waals surface area (Å²) in [5.41, 5.74) is 1.41. The molecule has 0 unspecified atom stereocenters. The Balaban J connectivity index is 0.000000188. The molecule has 0 amide bonds. The topological polar surface area (TPSA) is 0 Å². The maximum absolute atomic E-state index is 2.36. The number of hydrogen-bond donors (Lipinski definition) is 0. The summed E-state index contributed by atoms with van der Waals surface area (Å²) in [4.78, 5) is 0. The van der Waals surface area contributed by atoms with E-state index >= 15 is 0 Å². The normalized spacial score (nSPS) is 18.8. The van der Waals surface area contributed by atoms with E-state index in [1.807, 2.05) is 6.07 Å². The van der Waals surface area contributed by atoms with E-state index in [0.717, 1.165) is 24.2 Å². The van der Waals surface area contributed by atoms with Gasteiger partial charge in [-0.3, -0.25) is 0 Å². The number of aryl methyl sites for hydroxylation is 1. The molecule has 25 heavy (non-hydrogen) atoms. The molecule has 1 aromatic carbocycles. The number of benzene rings is 1. The number of hydrogen-bond acceptors (Lipinski definition) is 0. The third-order valence-corrected chi connectivity index (χ3v) is 6.15. The van der Waals surface area contributed by atoms with Gasteiger partial charge in [0.05, 0.1) is 0 Å². The predicted molar refractivity (Wildman–Crippen MR) is 114 cm³/mol. The zero-order chi connectivity index (χ0) is 18.3. The molecule has 0 nitrogen and oxygen atoms in total. The van der Waals surface area contributed by atoms with E-state index in [1.54, 1.807) is 0 Å². The van der Waals surface area contributed by atoms with Gasteiger partial charge in [0.1, 0.15) is 0 Å². The highest BCUT2D eigenvalue weighted by molar-refractivity contribution is 5.13. The second-order valence-corrected chi connectivity index (χ2v) is 8.39. The van der Waals surface area contributed by atoms with Crippen LogP contribution < -0.4 is 0 Å². The van der Waals surface area contributed by atoms with Crippen molar-refractivity contribution in [3.05, 3.63) is 35.9 Å². The molecule has 0 spiro atoms. The molecule has 0 N–H and O–H groups in total. The predicted octanol–water partition coefficient (Wildman–Crippen LogP) is 8.45. The maximum Gasteiger partial charge on any atom is -0.0307 e. The molecule has 144 valence electrons. The minimum absolute atomic E-state index is 0.935. The number of rotatable bonds is 3. The third kappa shape index (κ3) is 10.7. The molecule has 1 aromatic rings. The average Bonchev–Trinajstić information content (AvgIpc) is 2.71. The van der Waals surface area contributed by atoms with Gasteiger partial charge in [0.25, 0.3) is 0 Å². The molecule has 0 atom stereocenters. The van der Waals surface area contributed by atoms with Gasteiger partial charge in [-0.2, -0.15) is 0 Å². The molecule has 0 heterocycles. The lowest BCUT2D eigenvalue weighted by atomic mass is 9.82. The van der Waals surface area contributed by atoms with Crippen LogP contribution in [0, 0.1) is 17.8 Å². The molecular formula is C25H44. The fraction of sp³-hybridized carbons (Fsp3) is 0.760. The first kappa shape index (κ1) is 22.3. The van der Waals surface area contributed by atoms with Gasteiger partial charge < -0.3 is 0 Å². The van der Waals surface area contributed by atoms with E-state index in [0.29, 0.717) is 0 Å². The van der Waals surface area contributed by atoms with Crippen LogP contribution in [0.15, 0.2) is 30.3 Å². The van der Waals surface area contributed by atoms with Gasteiger partial charge in [0.2, 0.25) is 0 Å². The van der Waals surface area contributed by atoms with Crippen LogP contribution in [0.5, 0.6) is 0 Å². The monoisotopic (exact) mass is 344 g/mol. The Morgan fingerprint density at radius 2 is 1.28 bits per heavy atom. The van der Waals surface area contributed by atoms with E-state index in [4.69, 9.17) is 0 Å². The van der Waals surface area contributed by atoms with Crippen LogP contribution in [0.25, 0.3) is 0 Å². The lowest BCUT2D eigenvalue weighted by Gasteiger charge is -2.24. The maximum atomic E-state index is 2.36. The summed E-state index contributed by atoms with van der Waals surface area (Å²) < 4.78 is 0. The zero-order valence-corrected chi connectivity index (χ0v) is 17.6. The average molecular weight is 345 g/mol. The van der Waals surface area contributed by atoms with Crippen LogP contribution in [-0.2, 0) is 6.42 Å². The van der Waals surface area contributed by atoms with Crippen molar-refractivity contribution in [2.75, 3.05) is 0 Å². The van der Waals surface area contributed by atoms with Gasteiger partial charge in [-0.25, -0.2) is 0 Å². The van der Waals surface area contributed by atoms with E-state index in [2.05, 4.69) is 52.0 Å². The van der Waals surface area contributed by atoms with Crippen LogP contribution >= 0.6 is 0 Å². The zero-order valence-electron chi connectivity index (χ0n) is 17.6. The van der Waals surface area contributed by atoms with Crippen molar-refractivity contribution in [1.29, 1.82) is 0 Å². The summed E-state index contributed by atoms with van der Waals surface area (Å²) >= 11 is 0. The quantitative estimate of drug-likeness (QED) is 0.516. The summed E-state index contributed by atoms with van der Waals surface area (Å²) in [6, 6.07) is 10.5. The second-order valence-electron chi connectivity index (χ2n) is 8.39. The Morgan fingerprint density at radius 3 is 1.60 bits per heavy atom. The van der Waals surface area contributed by atoms with Crippen LogP contribution in [0.2, 0.25) is 0 Å². The van der Waals surface area contributed by atoms with E-state index in [-0.39, 0.29) is 0 Å². The molecule has 3 rings (SSSR count). The molecule has 0 heteroatoms. The lowest BCUT2D eigenvalue weighted by molar-refractivity contribution is 0.279. The standard InChI is InChI=1S/C9H18.C8H16.C8H10/c1-8(2)9-6-4-3-5-7-9;2*1-2-8-6-4-3-5-7-8/h8-9H,3-7H2,1-2H3;8H,2-7H2,1H3;3-7H,2H2,1H3. The fourth-order valence-electron chi connectivity index (χ4n) is 4.11. The first-order valence-electron chi connectivity index (χ1n) is 11.2. The third-order valence-electron chi connectivity index (χ3n) is 6.15. The molecule has 2 aliphatic rings.